The van der Waals surface area contributed by atoms with E-state index in [2.05, 4.69) is 20.8 Å². The summed E-state index contributed by atoms with van der Waals surface area (Å²) < 4.78 is 23.1. The van der Waals surface area contributed by atoms with Crippen LogP contribution in [-0.2, 0) is 52.5 Å². The zero-order valence-corrected chi connectivity index (χ0v) is 30.1. The molecule has 0 amide bonds. The summed E-state index contributed by atoms with van der Waals surface area (Å²) in [5.74, 6) is -5.74. The molecule has 0 bridgehead atoms. The van der Waals surface area contributed by atoms with Gasteiger partial charge in [-0.25, -0.2) is 0 Å². The molecule has 4 rings (SSSR count). The Kier molecular flexibility index (Phi) is 13.2. The van der Waals surface area contributed by atoms with E-state index in [0.29, 0.717) is 38.5 Å². The summed E-state index contributed by atoms with van der Waals surface area (Å²) in [5.41, 5.74) is -0.929. The van der Waals surface area contributed by atoms with Crippen LogP contribution in [0.4, 0.5) is 0 Å². The molecule has 0 heterocycles. The molecule has 14 heteroatoms. The van der Waals surface area contributed by atoms with Crippen molar-refractivity contribution in [2.24, 2.45) is 46.3 Å². The highest BCUT2D eigenvalue weighted by Crippen LogP contribution is 2.69. The Morgan fingerprint density at radius 1 is 0.667 bits per heavy atom. The minimum Gasteiger partial charge on any atom is -0.481 e. The van der Waals surface area contributed by atoms with Gasteiger partial charge in [-0.1, -0.05) is 20.8 Å². The van der Waals surface area contributed by atoms with Gasteiger partial charge >= 0.3 is 41.8 Å². The maximum atomic E-state index is 13.2. The molecule has 0 aliphatic heterocycles. The number of rotatable bonds is 16. The summed E-state index contributed by atoms with van der Waals surface area (Å²) in [4.78, 5) is 84.6. The predicted molar refractivity (Wildman–Crippen MR) is 177 cm³/mol. The van der Waals surface area contributed by atoms with Crippen LogP contribution in [0.2, 0.25) is 0 Å². The zero-order chi connectivity index (χ0) is 37.7. The van der Waals surface area contributed by atoms with Gasteiger partial charge in [-0.05, 0) is 86.4 Å². The molecule has 11 atom stereocenters. The lowest BCUT2D eigenvalue weighted by molar-refractivity contribution is -0.226. The van der Waals surface area contributed by atoms with Crippen molar-refractivity contribution < 1.29 is 67.8 Å². The van der Waals surface area contributed by atoms with Crippen molar-refractivity contribution in [3.05, 3.63) is 0 Å². The molecule has 4 aliphatic carbocycles. The van der Waals surface area contributed by atoms with Gasteiger partial charge in [0.25, 0.3) is 0 Å². The number of methoxy groups -OCH3 is 1. The van der Waals surface area contributed by atoms with E-state index < -0.39 is 59.5 Å². The van der Waals surface area contributed by atoms with Crippen molar-refractivity contribution in [1.29, 1.82) is 0 Å². The number of hydrogen-bond acceptors (Lipinski definition) is 11. The third-order valence-corrected chi connectivity index (χ3v) is 13.0. The first-order chi connectivity index (χ1) is 24.0. The van der Waals surface area contributed by atoms with E-state index in [-0.39, 0.29) is 91.8 Å². The van der Waals surface area contributed by atoms with Crippen molar-refractivity contribution >= 4 is 41.8 Å². The highest BCUT2D eigenvalue weighted by Gasteiger charge is 2.67. The molecule has 0 saturated heterocycles. The number of carboxylic acid groups (broad SMARTS) is 3. The quantitative estimate of drug-likeness (QED) is 0.144. The van der Waals surface area contributed by atoms with E-state index in [9.17, 15) is 43.8 Å². The van der Waals surface area contributed by atoms with E-state index in [1.54, 1.807) is 0 Å². The van der Waals surface area contributed by atoms with Gasteiger partial charge in [0, 0.05) is 17.8 Å². The van der Waals surface area contributed by atoms with Gasteiger partial charge < -0.3 is 34.3 Å². The minimum absolute atomic E-state index is 0.0280. The van der Waals surface area contributed by atoms with Gasteiger partial charge in [0.05, 0.1) is 45.6 Å². The van der Waals surface area contributed by atoms with Crippen LogP contribution in [0.25, 0.3) is 0 Å². The van der Waals surface area contributed by atoms with Gasteiger partial charge in [-0.3, -0.25) is 33.6 Å². The molecule has 0 aromatic rings. The smallest absolute Gasteiger partial charge is 0.306 e. The number of fused-ring (bicyclic) bond motifs is 5. The largest absolute Gasteiger partial charge is 0.481 e. The Balaban J connectivity index is 1.69. The summed E-state index contributed by atoms with van der Waals surface area (Å²) in [7, 11) is 1.35. The number of esters is 4. The number of aliphatic carboxylic acids is 3. The molecule has 3 N–H and O–H groups in total. The number of carbonyl (C=O) groups is 7. The van der Waals surface area contributed by atoms with Crippen LogP contribution >= 0.6 is 0 Å². The van der Waals surface area contributed by atoms with Crippen LogP contribution in [0.5, 0.6) is 0 Å². The van der Waals surface area contributed by atoms with Crippen molar-refractivity contribution in [2.45, 2.75) is 135 Å². The second-order valence-electron chi connectivity index (χ2n) is 15.7. The van der Waals surface area contributed by atoms with Crippen molar-refractivity contribution in [2.75, 3.05) is 7.11 Å². The fourth-order valence-corrected chi connectivity index (χ4v) is 10.4. The molecule has 4 fully saturated rings. The molecular weight excluding hydrogens is 668 g/mol. The van der Waals surface area contributed by atoms with Gasteiger partial charge in [-0.2, -0.15) is 0 Å². The second kappa shape index (κ2) is 16.8. The Labute approximate surface area is 298 Å². The van der Waals surface area contributed by atoms with Crippen LogP contribution in [0.3, 0.4) is 0 Å². The summed E-state index contributed by atoms with van der Waals surface area (Å²) in [6, 6.07) is 0. The summed E-state index contributed by atoms with van der Waals surface area (Å²) in [6.45, 7) is 6.38. The van der Waals surface area contributed by atoms with E-state index in [1.165, 1.54) is 7.11 Å². The second-order valence-corrected chi connectivity index (χ2v) is 15.7. The fourth-order valence-electron chi connectivity index (χ4n) is 10.4. The first-order valence-electron chi connectivity index (χ1n) is 18.3. The predicted octanol–water partition coefficient (Wildman–Crippen LogP) is 4.78. The summed E-state index contributed by atoms with van der Waals surface area (Å²) >= 11 is 0. The molecule has 4 saturated carbocycles. The average molecular weight is 723 g/mol. The van der Waals surface area contributed by atoms with Crippen LogP contribution in [0, 0.1) is 46.3 Å². The van der Waals surface area contributed by atoms with Crippen molar-refractivity contribution in [3.63, 3.8) is 0 Å². The molecular formula is C37H54O14. The first-order valence-corrected chi connectivity index (χ1v) is 18.3. The number of carboxylic acids is 3. The van der Waals surface area contributed by atoms with Crippen molar-refractivity contribution in [3.8, 4) is 0 Å². The van der Waals surface area contributed by atoms with Gasteiger partial charge in [0.15, 0.2) is 0 Å². The van der Waals surface area contributed by atoms with Crippen LogP contribution in [-0.4, -0.2) is 82.5 Å². The number of carbonyl (C=O) groups excluding carboxylic acids is 4. The lowest BCUT2D eigenvalue weighted by Crippen LogP contribution is -2.63. The van der Waals surface area contributed by atoms with Gasteiger partial charge in [0.1, 0.15) is 18.3 Å². The highest BCUT2D eigenvalue weighted by atomic mass is 16.6. The molecule has 0 spiro atoms. The third kappa shape index (κ3) is 9.21. The topological polar surface area (TPSA) is 217 Å². The van der Waals surface area contributed by atoms with Gasteiger partial charge in [-0.15, -0.1) is 0 Å². The number of hydrogen-bond donors (Lipinski definition) is 3. The molecule has 0 unspecified atom stereocenters. The molecule has 0 aromatic carbocycles. The van der Waals surface area contributed by atoms with Crippen LogP contribution in [0.15, 0.2) is 0 Å². The van der Waals surface area contributed by atoms with Crippen LogP contribution in [0.1, 0.15) is 117 Å². The molecule has 286 valence electrons. The lowest BCUT2D eigenvalue weighted by atomic mass is 9.43. The normalized spacial score (nSPS) is 34.4. The standard InChI is InChI=1S/C37H54O14/c1-20(5-11-31(44)48-4)23-6-7-24-35-25(19-27(37(23,24)3)51-34(47)14-10-30(42)43)36(2)16-15-22(49-32(45)12-8-28(38)39)17-21(36)18-26(35)50-33(46)13-9-29(40)41/h20-27,35H,5-19H2,1-4H3,(H,38,39)(H,40,41)(H,42,43)/t20-,21+,22-,23-,24+,25+,26+,27+,35+,36-,37-/m0/s1. The Bertz CT molecular complexity index is 1340. The molecule has 0 radical (unpaired) electrons. The SMILES string of the molecule is COC(=O)CC[C@H](C)[C@@H]1CC[C@@H]2[C@@H]3[C@@H](C[C@@H](OC(=O)CCC(=O)O)[C@]21C)[C@@]1(C)CC[C@H](OC(=O)CCC(=O)O)C[C@@H]1C[C@H]3OC(=O)CCC(=O)O. The highest BCUT2D eigenvalue weighted by molar-refractivity contribution is 5.78. The zero-order valence-electron chi connectivity index (χ0n) is 30.1. The molecule has 4 aliphatic rings. The van der Waals surface area contributed by atoms with Gasteiger partial charge in [0.2, 0.25) is 0 Å². The van der Waals surface area contributed by atoms with E-state index >= 15 is 0 Å². The average Bonchev–Trinajstić information content (AvgIpc) is 3.43. The van der Waals surface area contributed by atoms with Crippen LogP contribution < -0.4 is 0 Å². The van der Waals surface area contributed by atoms with E-state index in [1.807, 2.05) is 0 Å². The fraction of sp³-hybridized carbons (Fsp3) is 0.811. The minimum atomic E-state index is -1.11. The molecule has 51 heavy (non-hydrogen) atoms. The summed E-state index contributed by atoms with van der Waals surface area (Å²) in [5, 5.41) is 27.5. The first kappa shape index (κ1) is 40.1. The van der Waals surface area contributed by atoms with Crippen molar-refractivity contribution in [1.82, 2.24) is 0 Å². The number of ether oxygens (including phenoxy) is 4. The Hall–Kier alpha value is -3.71. The molecule has 0 aromatic heterocycles. The lowest BCUT2D eigenvalue weighted by Gasteiger charge is -2.64. The monoisotopic (exact) mass is 722 g/mol. The Morgan fingerprint density at radius 2 is 1.24 bits per heavy atom. The van der Waals surface area contributed by atoms with E-state index in [0.717, 1.165) is 12.8 Å². The van der Waals surface area contributed by atoms with E-state index in [4.69, 9.17) is 24.1 Å². The Morgan fingerprint density at radius 3 is 1.80 bits per heavy atom. The maximum absolute atomic E-state index is 13.2. The summed E-state index contributed by atoms with van der Waals surface area (Å²) in [6.07, 6.45) is 1.45. The molecule has 14 nitrogen and oxygen atoms in total. The third-order valence-electron chi connectivity index (χ3n) is 13.0. The maximum Gasteiger partial charge on any atom is 0.306 e.